The van der Waals surface area contributed by atoms with Gasteiger partial charge in [0.05, 0.1) is 0 Å². The zero-order chi connectivity index (χ0) is 13.1. The number of nitrogens with zero attached hydrogens (tertiary/aromatic N) is 1. The zero-order valence-electron chi connectivity index (χ0n) is 12.0. The van der Waals surface area contributed by atoms with E-state index in [0.717, 1.165) is 0 Å². The molecule has 0 amide bonds. The fourth-order valence-electron chi connectivity index (χ4n) is 2.48. The van der Waals surface area contributed by atoms with E-state index in [1.807, 2.05) is 0 Å². The molecule has 2 rings (SSSR count). The molecule has 0 radical (unpaired) electrons. The summed E-state index contributed by atoms with van der Waals surface area (Å²) in [4.78, 5) is 0. The van der Waals surface area contributed by atoms with Crippen molar-refractivity contribution in [1.29, 1.82) is 0 Å². The monoisotopic (exact) mass is 315 g/mol. The van der Waals surface area contributed by atoms with E-state index in [-0.39, 0.29) is 25.1 Å². The van der Waals surface area contributed by atoms with Crippen molar-refractivity contribution in [3.8, 4) is 0 Å². The molecule has 3 heteroatoms. The molecule has 0 aromatic heterocycles. The Hall–Kier alpha value is -0.391. The van der Waals surface area contributed by atoms with Crippen LogP contribution in [0.15, 0.2) is 48.5 Å². The molecule has 0 heterocycles. The van der Waals surface area contributed by atoms with Gasteiger partial charge in [0.25, 0.3) is 0 Å². The molecule has 0 aliphatic carbocycles. The maximum Gasteiger partial charge on any atom is 0.00465 e. The Morgan fingerprint density at radius 1 is 0.947 bits per heavy atom. The summed E-state index contributed by atoms with van der Waals surface area (Å²) in [6.45, 7) is 9.17. The van der Waals surface area contributed by atoms with Gasteiger partial charge in [0.1, 0.15) is 0 Å². The van der Waals surface area contributed by atoms with Gasteiger partial charge in [0.2, 0.25) is 0 Å². The zero-order valence-corrected chi connectivity index (χ0v) is 14.0. The normalized spacial score (nSPS) is 13.0. The Kier molecular flexibility index (Phi) is 6.50. The maximum absolute atomic E-state index is 2.64. The Labute approximate surface area is 129 Å². The molecular formula is C16H22FeNP-6. The first kappa shape index (κ1) is 16.7. The van der Waals surface area contributed by atoms with Gasteiger partial charge in [0, 0.05) is 29.2 Å². The third-order valence-corrected chi connectivity index (χ3v) is 6.03. The molecule has 19 heavy (non-hydrogen) atoms. The third kappa shape index (κ3) is 3.80. The van der Waals surface area contributed by atoms with Crippen LogP contribution in [0.2, 0.25) is 0 Å². The second-order valence-electron chi connectivity index (χ2n) is 5.17. The molecule has 0 saturated carbocycles. The van der Waals surface area contributed by atoms with E-state index in [1.54, 1.807) is 0 Å². The van der Waals surface area contributed by atoms with Gasteiger partial charge < -0.3 is 34.2 Å². The molecular weight excluding hydrogens is 293 g/mol. The first-order chi connectivity index (χ1) is 8.61. The van der Waals surface area contributed by atoms with Gasteiger partial charge >= 0.3 is 0 Å². The molecule has 0 spiro atoms. The second kappa shape index (κ2) is 7.41. The van der Waals surface area contributed by atoms with E-state index in [0.29, 0.717) is 12.1 Å². The first-order valence-electron chi connectivity index (χ1n) is 6.63. The van der Waals surface area contributed by atoms with Crippen molar-refractivity contribution in [2.24, 2.45) is 0 Å². The van der Waals surface area contributed by atoms with E-state index in [1.165, 1.54) is 10.6 Å². The average molecular weight is 315 g/mol. The van der Waals surface area contributed by atoms with Crippen molar-refractivity contribution in [2.75, 3.05) is 0 Å². The minimum Gasteiger partial charge on any atom is -0.747 e. The van der Waals surface area contributed by atoms with Gasteiger partial charge in [-0.05, 0) is 27.7 Å². The Morgan fingerprint density at radius 3 is 1.84 bits per heavy atom. The minimum absolute atomic E-state index is 0. The molecule has 0 bridgehead atoms. The third-order valence-electron chi connectivity index (χ3n) is 3.07. The summed E-state index contributed by atoms with van der Waals surface area (Å²) in [5.74, 6) is 0. The van der Waals surface area contributed by atoms with Crippen LogP contribution >= 0.6 is 8.07 Å². The maximum atomic E-state index is 2.64. The molecule has 0 aliphatic heterocycles. The largest absolute Gasteiger partial charge is 0.747 e. The van der Waals surface area contributed by atoms with Gasteiger partial charge in [-0.1, -0.05) is 0 Å². The van der Waals surface area contributed by atoms with Crippen molar-refractivity contribution < 1.29 is 17.1 Å². The Balaban J connectivity index is 0.00000180. The van der Waals surface area contributed by atoms with E-state index in [2.05, 4.69) is 80.9 Å². The van der Waals surface area contributed by atoms with Crippen LogP contribution in [0.5, 0.6) is 0 Å². The van der Waals surface area contributed by atoms with Gasteiger partial charge in [-0.3, -0.25) is 8.07 Å². The Morgan fingerprint density at radius 2 is 1.42 bits per heavy atom. The van der Waals surface area contributed by atoms with Gasteiger partial charge in [-0.2, -0.15) is 17.4 Å². The molecule has 0 atom stereocenters. The fourth-order valence-corrected chi connectivity index (χ4v) is 5.15. The van der Waals surface area contributed by atoms with E-state index < -0.39 is 0 Å². The van der Waals surface area contributed by atoms with Crippen LogP contribution in [-0.4, -0.2) is 16.8 Å². The van der Waals surface area contributed by atoms with Crippen molar-refractivity contribution in [1.82, 2.24) is 4.67 Å². The van der Waals surface area contributed by atoms with Gasteiger partial charge in [-0.25, -0.2) is 12.1 Å². The van der Waals surface area contributed by atoms with Crippen molar-refractivity contribution >= 4 is 18.7 Å². The van der Waals surface area contributed by atoms with E-state index in [4.69, 9.17) is 0 Å². The van der Waals surface area contributed by atoms with Crippen molar-refractivity contribution in [2.45, 2.75) is 39.8 Å². The summed E-state index contributed by atoms with van der Waals surface area (Å²) in [5, 5.41) is 2.91. The molecule has 1 nitrogen and oxygen atoms in total. The topological polar surface area (TPSA) is 3.24 Å². The average Bonchev–Trinajstić information content (AvgIpc) is 2.98. The van der Waals surface area contributed by atoms with Crippen LogP contribution in [0.4, 0.5) is 0 Å². The SMILES string of the molecule is CC(C)N(C(C)C)P([c-]1cccc1)[c-]1[cH-][cH-][cH-][cH-]1.[Fe]. The van der Waals surface area contributed by atoms with Crippen LogP contribution in [0.3, 0.4) is 0 Å². The van der Waals surface area contributed by atoms with Crippen LogP contribution in [-0.2, 0) is 17.1 Å². The summed E-state index contributed by atoms with van der Waals surface area (Å²) in [6, 6.07) is 18.7. The number of hydrogen-bond acceptors (Lipinski definition) is 1. The summed E-state index contributed by atoms with van der Waals surface area (Å²) in [5.41, 5.74) is 0. The molecule has 110 valence electrons. The Bertz CT molecular complexity index is 403. The smallest absolute Gasteiger partial charge is 0.00465 e. The van der Waals surface area contributed by atoms with Crippen molar-refractivity contribution in [3.05, 3.63) is 48.5 Å². The standard InChI is InChI=1S/C16H22NP.Fe/c1-13(2)17(14(3)4)18(15-9-5-6-10-15)16-11-7-8-12-16;/h5-14H,1-4H3;/q-6;. The molecule has 0 saturated heterocycles. The predicted octanol–water partition coefficient (Wildman–Crippen LogP) is 3.59. The molecule has 0 fully saturated rings. The van der Waals surface area contributed by atoms with Crippen LogP contribution in [0.1, 0.15) is 27.7 Å². The second-order valence-corrected chi connectivity index (χ2v) is 7.28. The van der Waals surface area contributed by atoms with E-state index in [9.17, 15) is 0 Å². The summed E-state index contributed by atoms with van der Waals surface area (Å²) in [6.07, 6.45) is 0. The minimum atomic E-state index is -0.386. The fraction of sp³-hybridized carbons (Fsp3) is 0.375. The summed E-state index contributed by atoms with van der Waals surface area (Å²) >= 11 is 0. The van der Waals surface area contributed by atoms with Gasteiger partial charge in [-0.15, -0.1) is 0 Å². The van der Waals surface area contributed by atoms with Crippen LogP contribution in [0, 0.1) is 0 Å². The predicted molar refractivity (Wildman–Crippen MR) is 82.4 cm³/mol. The number of rotatable bonds is 5. The quantitative estimate of drug-likeness (QED) is 0.463. The molecule has 0 aliphatic rings. The van der Waals surface area contributed by atoms with Crippen LogP contribution < -0.4 is 10.6 Å². The van der Waals surface area contributed by atoms with Crippen molar-refractivity contribution in [3.63, 3.8) is 0 Å². The molecule has 2 aromatic carbocycles. The van der Waals surface area contributed by atoms with Gasteiger partial charge in [0.15, 0.2) is 0 Å². The summed E-state index contributed by atoms with van der Waals surface area (Å²) < 4.78 is 2.64. The number of hydrogen-bond donors (Lipinski definition) is 0. The molecule has 0 unspecified atom stereocenters. The van der Waals surface area contributed by atoms with E-state index >= 15 is 0 Å². The summed E-state index contributed by atoms with van der Waals surface area (Å²) in [7, 11) is -0.386. The first-order valence-corrected chi connectivity index (χ1v) is 7.92. The van der Waals surface area contributed by atoms with Crippen LogP contribution in [0.25, 0.3) is 0 Å². The molecule has 0 N–H and O–H groups in total. The molecule has 2 aromatic rings.